The lowest BCUT2D eigenvalue weighted by Crippen LogP contribution is -2.04. The molecule has 1 aromatic heterocycles. The molecular formula is C8H6ClF2NO3. The normalized spacial score (nSPS) is 10.7. The van der Waals surface area contributed by atoms with Crippen LogP contribution in [0.3, 0.4) is 0 Å². The van der Waals surface area contributed by atoms with Gasteiger partial charge < -0.3 is 10.2 Å². The van der Waals surface area contributed by atoms with Gasteiger partial charge in [0.2, 0.25) is 0 Å². The average molecular weight is 238 g/mol. The van der Waals surface area contributed by atoms with E-state index in [1.54, 1.807) is 0 Å². The van der Waals surface area contributed by atoms with Crippen LogP contribution < -0.4 is 0 Å². The van der Waals surface area contributed by atoms with Crippen molar-refractivity contribution in [2.45, 2.75) is 12.8 Å². The number of aromatic hydroxyl groups is 1. The van der Waals surface area contributed by atoms with Crippen molar-refractivity contribution in [1.82, 2.24) is 4.98 Å². The summed E-state index contributed by atoms with van der Waals surface area (Å²) in [6.45, 7) is 0. The second kappa shape index (κ2) is 4.39. The molecule has 1 aromatic rings. The number of halogens is 3. The standard InChI is InChI=1S/C8H6ClF2NO3/c9-6-3(1-5(14)15)4(13)2-12-7(6)8(10)11/h2,8,13H,1H2,(H,14,15). The number of hydrogen-bond donors (Lipinski definition) is 2. The number of carbonyl (C=O) groups is 1. The Balaban J connectivity index is 3.23. The van der Waals surface area contributed by atoms with Crippen molar-refractivity contribution in [2.24, 2.45) is 0 Å². The topological polar surface area (TPSA) is 70.4 Å². The third kappa shape index (κ3) is 2.53. The summed E-state index contributed by atoms with van der Waals surface area (Å²) in [6.07, 6.45) is -2.79. The van der Waals surface area contributed by atoms with E-state index in [-0.39, 0.29) is 5.56 Å². The van der Waals surface area contributed by atoms with Gasteiger partial charge in [0, 0.05) is 5.56 Å². The first-order valence-corrected chi connectivity index (χ1v) is 4.17. The number of hydrogen-bond acceptors (Lipinski definition) is 3. The Morgan fingerprint density at radius 1 is 1.60 bits per heavy atom. The Bertz CT molecular complexity index is 398. The molecule has 1 rings (SSSR count). The average Bonchev–Trinajstić information content (AvgIpc) is 2.11. The third-order valence-corrected chi connectivity index (χ3v) is 2.08. The highest BCUT2D eigenvalue weighted by atomic mass is 35.5. The minimum absolute atomic E-state index is 0.255. The number of rotatable bonds is 3. The lowest BCUT2D eigenvalue weighted by atomic mass is 10.1. The van der Waals surface area contributed by atoms with Crippen molar-refractivity contribution in [2.75, 3.05) is 0 Å². The van der Waals surface area contributed by atoms with Crippen molar-refractivity contribution in [3.63, 3.8) is 0 Å². The maximum atomic E-state index is 12.3. The number of alkyl halides is 2. The largest absolute Gasteiger partial charge is 0.506 e. The number of nitrogens with zero attached hydrogens (tertiary/aromatic N) is 1. The summed E-state index contributed by atoms with van der Waals surface area (Å²) in [5, 5.41) is 17.2. The summed E-state index contributed by atoms with van der Waals surface area (Å²) < 4.78 is 24.6. The maximum absolute atomic E-state index is 12.3. The number of aliphatic carboxylic acids is 1. The molecule has 0 saturated heterocycles. The molecule has 0 aliphatic rings. The van der Waals surface area contributed by atoms with Gasteiger partial charge in [-0.2, -0.15) is 0 Å². The van der Waals surface area contributed by atoms with Crippen LogP contribution >= 0.6 is 11.6 Å². The van der Waals surface area contributed by atoms with Crippen LogP contribution in [0.4, 0.5) is 8.78 Å². The molecule has 0 saturated carbocycles. The van der Waals surface area contributed by atoms with Gasteiger partial charge in [-0.15, -0.1) is 0 Å². The number of carboxylic acid groups (broad SMARTS) is 1. The van der Waals surface area contributed by atoms with E-state index in [9.17, 15) is 18.7 Å². The molecule has 0 radical (unpaired) electrons. The molecule has 4 nitrogen and oxygen atoms in total. The molecule has 1 heterocycles. The summed E-state index contributed by atoms with van der Waals surface area (Å²) in [4.78, 5) is 13.6. The highest BCUT2D eigenvalue weighted by Crippen LogP contribution is 2.32. The Morgan fingerprint density at radius 2 is 2.20 bits per heavy atom. The van der Waals surface area contributed by atoms with E-state index in [1.807, 2.05) is 0 Å². The lowest BCUT2D eigenvalue weighted by molar-refractivity contribution is -0.136. The molecule has 0 aromatic carbocycles. The quantitative estimate of drug-likeness (QED) is 0.844. The fourth-order valence-corrected chi connectivity index (χ4v) is 1.30. The zero-order valence-electron chi connectivity index (χ0n) is 7.25. The Labute approximate surface area is 88.1 Å². The van der Waals surface area contributed by atoms with Gasteiger partial charge in [0.25, 0.3) is 6.43 Å². The summed E-state index contributed by atoms with van der Waals surface area (Å²) >= 11 is 5.49. The van der Waals surface area contributed by atoms with Crippen LogP contribution in [-0.4, -0.2) is 21.2 Å². The maximum Gasteiger partial charge on any atom is 0.308 e. The van der Waals surface area contributed by atoms with E-state index in [0.717, 1.165) is 6.20 Å². The molecule has 0 atom stereocenters. The van der Waals surface area contributed by atoms with Crippen LogP contribution in [-0.2, 0) is 11.2 Å². The fraction of sp³-hybridized carbons (Fsp3) is 0.250. The number of pyridine rings is 1. The smallest absolute Gasteiger partial charge is 0.308 e. The van der Waals surface area contributed by atoms with Crippen LogP contribution in [0.2, 0.25) is 5.02 Å². The molecule has 0 unspecified atom stereocenters. The number of aromatic nitrogens is 1. The van der Waals surface area contributed by atoms with E-state index in [1.165, 1.54) is 0 Å². The number of carboxylic acids is 1. The third-order valence-electron chi connectivity index (χ3n) is 1.66. The highest BCUT2D eigenvalue weighted by Gasteiger charge is 2.20. The summed E-state index contributed by atoms with van der Waals surface area (Å²) in [6, 6.07) is 0. The van der Waals surface area contributed by atoms with Gasteiger partial charge in [-0.1, -0.05) is 11.6 Å². The van der Waals surface area contributed by atoms with Gasteiger partial charge in [0.1, 0.15) is 11.4 Å². The van der Waals surface area contributed by atoms with Gasteiger partial charge >= 0.3 is 5.97 Å². The molecule has 82 valence electrons. The Kier molecular flexibility index (Phi) is 3.41. The second-order valence-electron chi connectivity index (χ2n) is 2.69. The first-order chi connectivity index (χ1) is 6.93. The zero-order valence-corrected chi connectivity index (χ0v) is 8.00. The molecule has 0 aliphatic heterocycles. The Hall–Kier alpha value is -1.43. The Morgan fingerprint density at radius 3 is 2.67 bits per heavy atom. The summed E-state index contributed by atoms with van der Waals surface area (Å²) in [7, 11) is 0. The van der Waals surface area contributed by atoms with E-state index in [4.69, 9.17) is 16.7 Å². The summed E-state index contributed by atoms with van der Waals surface area (Å²) in [5.41, 5.74) is -0.986. The van der Waals surface area contributed by atoms with E-state index in [2.05, 4.69) is 4.98 Å². The second-order valence-corrected chi connectivity index (χ2v) is 3.07. The van der Waals surface area contributed by atoms with Gasteiger partial charge in [-0.25, -0.2) is 13.8 Å². The minimum Gasteiger partial charge on any atom is -0.506 e. The van der Waals surface area contributed by atoms with Crippen LogP contribution in [0.5, 0.6) is 5.75 Å². The minimum atomic E-state index is -2.91. The van der Waals surface area contributed by atoms with Crippen LogP contribution in [0.1, 0.15) is 17.7 Å². The first-order valence-electron chi connectivity index (χ1n) is 3.79. The SMILES string of the molecule is O=C(O)Cc1c(O)cnc(C(F)F)c1Cl. The molecule has 0 amide bonds. The van der Waals surface area contributed by atoms with Crippen LogP contribution in [0, 0.1) is 0 Å². The van der Waals surface area contributed by atoms with E-state index in [0.29, 0.717) is 0 Å². The van der Waals surface area contributed by atoms with Crippen molar-refractivity contribution in [3.05, 3.63) is 22.5 Å². The fourth-order valence-electron chi connectivity index (χ4n) is 1.00. The molecule has 0 fully saturated rings. The molecule has 2 N–H and O–H groups in total. The van der Waals surface area contributed by atoms with E-state index >= 15 is 0 Å². The lowest BCUT2D eigenvalue weighted by Gasteiger charge is -2.08. The molecule has 15 heavy (non-hydrogen) atoms. The van der Waals surface area contributed by atoms with Gasteiger partial charge in [0.05, 0.1) is 17.6 Å². The van der Waals surface area contributed by atoms with Crippen molar-refractivity contribution in [1.29, 1.82) is 0 Å². The van der Waals surface area contributed by atoms with Crippen LogP contribution in [0.25, 0.3) is 0 Å². The van der Waals surface area contributed by atoms with Gasteiger partial charge in [0.15, 0.2) is 0 Å². The van der Waals surface area contributed by atoms with Crippen molar-refractivity contribution in [3.8, 4) is 5.75 Å². The monoisotopic (exact) mass is 237 g/mol. The van der Waals surface area contributed by atoms with Gasteiger partial charge in [-0.3, -0.25) is 4.79 Å². The van der Waals surface area contributed by atoms with E-state index < -0.39 is 35.3 Å². The predicted octanol–water partition coefficient (Wildman–Crippen LogP) is 2.01. The van der Waals surface area contributed by atoms with Gasteiger partial charge in [-0.05, 0) is 0 Å². The predicted molar refractivity (Wildman–Crippen MR) is 47.2 cm³/mol. The molecule has 7 heteroatoms. The molecule has 0 bridgehead atoms. The molecular weight excluding hydrogens is 232 g/mol. The first kappa shape index (κ1) is 11.6. The molecule has 0 spiro atoms. The van der Waals surface area contributed by atoms with Crippen molar-refractivity contribution >= 4 is 17.6 Å². The molecule has 0 aliphatic carbocycles. The summed E-state index contributed by atoms with van der Waals surface area (Å²) in [5.74, 6) is -1.79. The zero-order chi connectivity index (χ0) is 11.6. The van der Waals surface area contributed by atoms with Crippen LogP contribution in [0.15, 0.2) is 6.20 Å². The van der Waals surface area contributed by atoms with Crippen molar-refractivity contribution < 1.29 is 23.8 Å². The highest BCUT2D eigenvalue weighted by molar-refractivity contribution is 6.32.